The molecule has 0 aliphatic carbocycles. The summed E-state index contributed by atoms with van der Waals surface area (Å²) >= 11 is 0. The first-order valence-corrected chi connectivity index (χ1v) is 7.30. The molecule has 0 aromatic heterocycles. The fourth-order valence-corrected chi connectivity index (χ4v) is 2.81. The SMILES string of the molecule is CCC(CN)S(=O)(=O)Nc1ccc(OC(F)(F)F)cc1. The van der Waals surface area contributed by atoms with E-state index in [-0.39, 0.29) is 12.2 Å². The van der Waals surface area contributed by atoms with Crippen LogP contribution in [0.5, 0.6) is 5.75 Å². The van der Waals surface area contributed by atoms with Gasteiger partial charge in [-0.05, 0) is 30.7 Å². The number of rotatable bonds is 6. The first-order valence-electron chi connectivity index (χ1n) is 5.75. The van der Waals surface area contributed by atoms with Crippen molar-refractivity contribution in [2.75, 3.05) is 11.3 Å². The average molecular weight is 312 g/mol. The molecule has 3 N–H and O–H groups in total. The van der Waals surface area contributed by atoms with Crippen LogP contribution >= 0.6 is 0 Å². The van der Waals surface area contributed by atoms with Crippen molar-refractivity contribution in [3.8, 4) is 5.75 Å². The van der Waals surface area contributed by atoms with Crippen LogP contribution in [-0.2, 0) is 10.0 Å². The van der Waals surface area contributed by atoms with E-state index in [1.807, 2.05) is 0 Å². The number of hydrogen-bond acceptors (Lipinski definition) is 4. The molecule has 0 aliphatic rings. The standard InChI is InChI=1S/C11H15F3N2O3S/c1-2-10(7-15)20(17,18)16-8-3-5-9(6-4-8)19-11(12,13)14/h3-6,10,16H,2,7,15H2,1H3. The molecule has 0 bridgehead atoms. The number of ether oxygens (including phenoxy) is 1. The number of halogens is 3. The lowest BCUT2D eigenvalue weighted by Gasteiger charge is -2.15. The maximum atomic E-state index is 12.0. The van der Waals surface area contributed by atoms with Crippen LogP contribution in [0.4, 0.5) is 18.9 Å². The van der Waals surface area contributed by atoms with Crippen molar-refractivity contribution in [3.05, 3.63) is 24.3 Å². The van der Waals surface area contributed by atoms with E-state index in [0.29, 0.717) is 6.42 Å². The number of hydrogen-bond donors (Lipinski definition) is 2. The Labute approximate surface area is 115 Å². The average Bonchev–Trinajstić information content (AvgIpc) is 2.30. The van der Waals surface area contributed by atoms with Gasteiger partial charge in [0.2, 0.25) is 10.0 Å². The third kappa shape index (κ3) is 4.89. The van der Waals surface area contributed by atoms with Gasteiger partial charge in [0.15, 0.2) is 0 Å². The van der Waals surface area contributed by atoms with Gasteiger partial charge in [-0.2, -0.15) is 0 Å². The number of anilines is 1. The molecule has 1 aromatic carbocycles. The van der Waals surface area contributed by atoms with E-state index in [9.17, 15) is 21.6 Å². The predicted molar refractivity (Wildman–Crippen MR) is 68.8 cm³/mol. The predicted octanol–water partition coefficient (Wildman–Crippen LogP) is 2.06. The molecule has 0 aliphatic heterocycles. The molecule has 9 heteroatoms. The molecule has 0 fully saturated rings. The molecule has 0 saturated carbocycles. The third-order valence-corrected chi connectivity index (χ3v) is 4.43. The van der Waals surface area contributed by atoms with E-state index < -0.39 is 27.4 Å². The van der Waals surface area contributed by atoms with Gasteiger partial charge in [0.25, 0.3) is 0 Å². The fraction of sp³-hybridized carbons (Fsp3) is 0.455. The highest BCUT2D eigenvalue weighted by Crippen LogP contribution is 2.24. The molecule has 5 nitrogen and oxygen atoms in total. The molecule has 1 unspecified atom stereocenters. The van der Waals surface area contributed by atoms with Gasteiger partial charge in [0.05, 0.1) is 5.25 Å². The van der Waals surface area contributed by atoms with Crippen LogP contribution in [-0.4, -0.2) is 26.6 Å². The Morgan fingerprint density at radius 2 is 1.85 bits per heavy atom. The zero-order chi connectivity index (χ0) is 15.4. The Hall–Kier alpha value is -1.48. The van der Waals surface area contributed by atoms with E-state index in [2.05, 4.69) is 9.46 Å². The third-order valence-electron chi connectivity index (χ3n) is 2.51. The molecule has 1 atom stereocenters. The van der Waals surface area contributed by atoms with Crippen molar-refractivity contribution < 1.29 is 26.3 Å². The highest BCUT2D eigenvalue weighted by atomic mass is 32.2. The molecule has 20 heavy (non-hydrogen) atoms. The van der Waals surface area contributed by atoms with Crippen LogP contribution < -0.4 is 15.2 Å². The summed E-state index contributed by atoms with van der Waals surface area (Å²) in [6.45, 7) is 1.64. The summed E-state index contributed by atoms with van der Waals surface area (Å²) in [5.41, 5.74) is 5.50. The smallest absolute Gasteiger partial charge is 0.406 e. The summed E-state index contributed by atoms with van der Waals surface area (Å²) in [7, 11) is -3.66. The summed E-state index contributed by atoms with van der Waals surface area (Å²) in [6, 6.07) is 4.41. The van der Waals surface area contributed by atoms with Gasteiger partial charge in [0, 0.05) is 12.2 Å². The number of benzene rings is 1. The van der Waals surface area contributed by atoms with Crippen molar-refractivity contribution in [1.29, 1.82) is 0 Å². The summed E-state index contributed by atoms with van der Waals surface area (Å²) in [4.78, 5) is 0. The normalized spacial score (nSPS) is 13.8. The number of alkyl halides is 3. The Kier molecular flexibility index (Phi) is 5.23. The Morgan fingerprint density at radius 1 is 1.30 bits per heavy atom. The largest absolute Gasteiger partial charge is 0.573 e. The second kappa shape index (κ2) is 6.31. The van der Waals surface area contributed by atoms with E-state index in [4.69, 9.17) is 5.73 Å². The van der Waals surface area contributed by atoms with Gasteiger partial charge >= 0.3 is 6.36 Å². The van der Waals surface area contributed by atoms with Gasteiger partial charge in [-0.25, -0.2) is 8.42 Å². The van der Waals surface area contributed by atoms with Gasteiger partial charge in [0.1, 0.15) is 5.75 Å². The maximum absolute atomic E-state index is 12.0. The van der Waals surface area contributed by atoms with Crippen molar-refractivity contribution in [3.63, 3.8) is 0 Å². The van der Waals surface area contributed by atoms with Gasteiger partial charge < -0.3 is 10.5 Å². The molecule has 0 radical (unpaired) electrons. The maximum Gasteiger partial charge on any atom is 0.573 e. The lowest BCUT2D eigenvalue weighted by atomic mass is 10.3. The molecule has 0 saturated heterocycles. The zero-order valence-electron chi connectivity index (χ0n) is 10.6. The zero-order valence-corrected chi connectivity index (χ0v) is 11.5. The molecule has 1 rings (SSSR count). The van der Waals surface area contributed by atoms with Crippen LogP contribution in [0, 0.1) is 0 Å². The molecular weight excluding hydrogens is 297 g/mol. The fourth-order valence-electron chi connectivity index (χ4n) is 1.49. The van der Waals surface area contributed by atoms with E-state index >= 15 is 0 Å². The first kappa shape index (κ1) is 16.6. The monoisotopic (exact) mass is 312 g/mol. The summed E-state index contributed by atoms with van der Waals surface area (Å²) in [5, 5.41) is -0.756. The van der Waals surface area contributed by atoms with Gasteiger partial charge in [-0.1, -0.05) is 6.92 Å². The molecule has 0 amide bonds. The lowest BCUT2D eigenvalue weighted by molar-refractivity contribution is -0.274. The van der Waals surface area contributed by atoms with Gasteiger partial charge in [-0.3, -0.25) is 4.72 Å². The second-order valence-corrected chi connectivity index (χ2v) is 5.95. The summed E-state index contributed by atoms with van der Waals surface area (Å²) in [6.07, 6.45) is -4.45. The molecule has 0 heterocycles. The van der Waals surface area contributed by atoms with E-state index in [0.717, 1.165) is 12.1 Å². The molecular formula is C11H15F3N2O3S. The number of sulfonamides is 1. The Balaban J connectivity index is 2.80. The molecule has 0 spiro atoms. The quantitative estimate of drug-likeness (QED) is 0.842. The van der Waals surface area contributed by atoms with Crippen LogP contribution in [0.15, 0.2) is 24.3 Å². The summed E-state index contributed by atoms with van der Waals surface area (Å²) < 4.78 is 65.6. The molecule has 114 valence electrons. The Bertz CT molecular complexity index is 525. The van der Waals surface area contributed by atoms with Crippen molar-refractivity contribution in [2.24, 2.45) is 5.73 Å². The van der Waals surface area contributed by atoms with E-state index in [1.165, 1.54) is 12.1 Å². The second-order valence-electron chi connectivity index (χ2n) is 3.99. The minimum absolute atomic E-state index is 0.0406. The van der Waals surface area contributed by atoms with Crippen molar-refractivity contribution in [2.45, 2.75) is 25.0 Å². The topological polar surface area (TPSA) is 81.4 Å². The minimum atomic E-state index is -4.78. The van der Waals surface area contributed by atoms with Crippen molar-refractivity contribution in [1.82, 2.24) is 0 Å². The number of nitrogens with two attached hydrogens (primary N) is 1. The van der Waals surface area contributed by atoms with Gasteiger partial charge in [-0.15, -0.1) is 13.2 Å². The highest BCUT2D eigenvalue weighted by Gasteiger charge is 2.31. The van der Waals surface area contributed by atoms with Crippen LogP contribution in [0.25, 0.3) is 0 Å². The van der Waals surface area contributed by atoms with E-state index in [1.54, 1.807) is 6.92 Å². The molecule has 1 aromatic rings. The summed E-state index contributed by atoms with van der Waals surface area (Å²) in [5.74, 6) is -0.425. The van der Waals surface area contributed by atoms with Crippen molar-refractivity contribution >= 4 is 15.7 Å². The lowest BCUT2D eigenvalue weighted by Crippen LogP contribution is -2.33. The minimum Gasteiger partial charge on any atom is -0.406 e. The number of nitrogens with one attached hydrogen (secondary N) is 1. The van der Waals surface area contributed by atoms with Crippen LogP contribution in [0.2, 0.25) is 0 Å². The first-order chi connectivity index (χ1) is 9.18. The Morgan fingerprint density at radius 3 is 2.25 bits per heavy atom. The highest BCUT2D eigenvalue weighted by molar-refractivity contribution is 7.93. The van der Waals surface area contributed by atoms with Crippen LogP contribution in [0.1, 0.15) is 13.3 Å². The van der Waals surface area contributed by atoms with Crippen LogP contribution in [0.3, 0.4) is 0 Å².